The van der Waals surface area contributed by atoms with E-state index in [1.54, 1.807) is 11.3 Å². The zero-order chi connectivity index (χ0) is 19.0. The van der Waals surface area contributed by atoms with Crippen molar-refractivity contribution in [2.24, 2.45) is 0 Å². The number of carbonyl (C=O) groups is 1. The highest BCUT2D eigenvalue weighted by Crippen LogP contribution is 2.43. The number of nitrogens with zero attached hydrogens (tertiary/aromatic N) is 2. The third-order valence-electron chi connectivity index (χ3n) is 5.89. The number of piperidine rings is 1. The molecule has 2 aliphatic heterocycles. The van der Waals surface area contributed by atoms with E-state index in [0.29, 0.717) is 13.1 Å². The summed E-state index contributed by atoms with van der Waals surface area (Å²) in [4.78, 5) is 15.8. The van der Waals surface area contributed by atoms with Crippen LogP contribution in [0.3, 0.4) is 0 Å². The number of carbonyl (C=O) groups excluding carboxylic acids is 1. The van der Waals surface area contributed by atoms with Gasteiger partial charge in [0, 0.05) is 29.9 Å². The van der Waals surface area contributed by atoms with Crippen LogP contribution in [-0.4, -0.2) is 35.0 Å². The first kappa shape index (κ1) is 17.5. The summed E-state index contributed by atoms with van der Waals surface area (Å²) in [6, 6.07) is 16.9. The monoisotopic (exact) mass is 392 g/mol. The number of likely N-dealkylation sites (tertiary alicyclic amines) is 1. The zero-order valence-corrected chi connectivity index (χ0v) is 16.5. The van der Waals surface area contributed by atoms with E-state index in [9.17, 15) is 4.79 Å². The lowest BCUT2D eigenvalue weighted by atomic mass is 9.82. The van der Waals surface area contributed by atoms with E-state index >= 15 is 0 Å². The summed E-state index contributed by atoms with van der Waals surface area (Å²) >= 11 is 1.68. The van der Waals surface area contributed by atoms with Crippen molar-refractivity contribution in [3.8, 4) is 5.69 Å². The van der Waals surface area contributed by atoms with Gasteiger partial charge in [-0.3, -0.25) is 9.69 Å². The summed E-state index contributed by atoms with van der Waals surface area (Å²) in [5.74, 6) is 0.106. The molecule has 5 rings (SSSR count). The Hall–Kier alpha value is -2.57. The number of fused-ring (bicyclic) bond motifs is 4. The van der Waals surface area contributed by atoms with Crippen LogP contribution in [-0.2, 0) is 16.9 Å². The Labute approximate surface area is 169 Å². The lowest BCUT2D eigenvalue weighted by Crippen LogP contribution is -2.51. The van der Waals surface area contributed by atoms with Gasteiger partial charge in [-0.05, 0) is 48.6 Å². The molecule has 0 unspecified atom stereocenters. The van der Waals surface area contributed by atoms with Crippen LogP contribution in [0.2, 0.25) is 0 Å². The molecule has 0 aliphatic carbocycles. The number of aromatic nitrogens is 1. The van der Waals surface area contributed by atoms with Crippen LogP contribution in [0, 0.1) is 0 Å². The van der Waals surface area contributed by atoms with Gasteiger partial charge in [0.25, 0.3) is 0 Å². The molecule has 3 aromatic rings. The van der Waals surface area contributed by atoms with Gasteiger partial charge in [0.1, 0.15) is 0 Å². The molecular weight excluding hydrogens is 368 g/mol. The Kier molecular flexibility index (Phi) is 4.45. The lowest BCUT2D eigenvalue weighted by Gasteiger charge is -2.46. The number of rotatable bonds is 4. The SMILES string of the molecule is O=C(CN1CCC2(CC1)Nc1ccccc1-n1cccc12)NCc1cccs1. The maximum atomic E-state index is 12.3. The first-order chi connectivity index (χ1) is 13.7. The fourth-order valence-electron chi connectivity index (χ4n) is 4.42. The molecule has 28 heavy (non-hydrogen) atoms. The summed E-state index contributed by atoms with van der Waals surface area (Å²) in [5, 5.41) is 8.90. The smallest absolute Gasteiger partial charge is 0.234 e. The summed E-state index contributed by atoms with van der Waals surface area (Å²) in [6.45, 7) is 2.92. The average molecular weight is 393 g/mol. The fourth-order valence-corrected chi connectivity index (χ4v) is 5.07. The van der Waals surface area contributed by atoms with Crippen molar-refractivity contribution in [2.45, 2.75) is 24.9 Å². The molecule has 2 aliphatic rings. The zero-order valence-electron chi connectivity index (χ0n) is 15.7. The van der Waals surface area contributed by atoms with Gasteiger partial charge in [-0.1, -0.05) is 18.2 Å². The van der Waals surface area contributed by atoms with Crippen LogP contribution in [0.5, 0.6) is 0 Å². The molecule has 1 amide bonds. The van der Waals surface area contributed by atoms with Gasteiger partial charge in [-0.2, -0.15) is 0 Å². The second-order valence-corrected chi connectivity index (χ2v) is 8.65. The van der Waals surface area contributed by atoms with Gasteiger partial charge < -0.3 is 15.2 Å². The van der Waals surface area contributed by atoms with Gasteiger partial charge in [-0.15, -0.1) is 11.3 Å². The number of hydrogen-bond donors (Lipinski definition) is 2. The van der Waals surface area contributed by atoms with Gasteiger partial charge in [0.2, 0.25) is 5.91 Å². The first-order valence-electron chi connectivity index (χ1n) is 9.80. The molecule has 0 radical (unpaired) electrons. The summed E-state index contributed by atoms with van der Waals surface area (Å²) < 4.78 is 2.31. The van der Waals surface area contributed by atoms with Crippen LogP contribution >= 0.6 is 11.3 Å². The molecule has 1 fully saturated rings. The number of nitrogens with one attached hydrogen (secondary N) is 2. The van der Waals surface area contributed by atoms with E-state index in [-0.39, 0.29) is 11.4 Å². The van der Waals surface area contributed by atoms with Gasteiger partial charge in [0.05, 0.1) is 30.0 Å². The van der Waals surface area contributed by atoms with Crippen LogP contribution in [0.1, 0.15) is 23.4 Å². The number of para-hydroxylation sites is 2. The largest absolute Gasteiger partial charge is 0.372 e. The van der Waals surface area contributed by atoms with Gasteiger partial charge in [0.15, 0.2) is 0 Å². The van der Waals surface area contributed by atoms with Crippen LogP contribution in [0.25, 0.3) is 5.69 Å². The number of thiophene rings is 1. The lowest BCUT2D eigenvalue weighted by molar-refractivity contribution is -0.122. The molecule has 0 saturated carbocycles. The van der Waals surface area contributed by atoms with Crippen LogP contribution < -0.4 is 10.6 Å². The fraction of sp³-hybridized carbons (Fsp3) is 0.318. The second-order valence-electron chi connectivity index (χ2n) is 7.62. The Morgan fingerprint density at radius 2 is 1.96 bits per heavy atom. The Bertz CT molecular complexity index is 970. The van der Waals surface area contributed by atoms with E-state index in [1.807, 2.05) is 11.4 Å². The van der Waals surface area contributed by atoms with Crippen molar-refractivity contribution in [3.05, 3.63) is 70.7 Å². The summed E-state index contributed by atoms with van der Waals surface area (Å²) in [5.41, 5.74) is 3.67. The molecule has 144 valence electrons. The van der Waals surface area contributed by atoms with Gasteiger partial charge >= 0.3 is 0 Å². The third kappa shape index (κ3) is 3.12. The predicted molar refractivity (Wildman–Crippen MR) is 113 cm³/mol. The van der Waals surface area contributed by atoms with E-state index < -0.39 is 0 Å². The molecule has 5 nitrogen and oxygen atoms in total. The number of anilines is 1. The minimum atomic E-state index is -0.0538. The third-order valence-corrected chi connectivity index (χ3v) is 6.77. The van der Waals surface area contributed by atoms with Crippen LogP contribution in [0.15, 0.2) is 60.1 Å². The van der Waals surface area contributed by atoms with Gasteiger partial charge in [-0.25, -0.2) is 0 Å². The average Bonchev–Trinajstić information content (AvgIpc) is 3.41. The van der Waals surface area contributed by atoms with E-state index in [4.69, 9.17) is 0 Å². The maximum Gasteiger partial charge on any atom is 0.234 e. The van der Waals surface area contributed by atoms with E-state index in [1.165, 1.54) is 21.9 Å². The number of hydrogen-bond acceptors (Lipinski definition) is 4. The van der Waals surface area contributed by atoms with E-state index in [0.717, 1.165) is 25.9 Å². The minimum Gasteiger partial charge on any atom is -0.372 e. The summed E-state index contributed by atoms with van der Waals surface area (Å²) in [6.07, 6.45) is 4.13. The van der Waals surface area contributed by atoms with Crippen molar-refractivity contribution in [1.29, 1.82) is 0 Å². The Balaban J connectivity index is 1.24. The molecule has 0 atom stereocenters. The number of benzene rings is 1. The molecule has 1 spiro atoms. The highest BCUT2D eigenvalue weighted by Gasteiger charge is 2.41. The quantitative estimate of drug-likeness (QED) is 0.714. The molecule has 6 heteroatoms. The highest BCUT2D eigenvalue weighted by atomic mass is 32.1. The minimum absolute atomic E-state index is 0.0538. The van der Waals surface area contributed by atoms with Crippen molar-refractivity contribution >= 4 is 22.9 Å². The Morgan fingerprint density at radius 1 is 1.11 bits per heavy atom. The predicted octanol–water partition coefficient (Wildman–Crippen LogP) is 3.57. The van der Waals surface area contributed by atoms with Crippen molar-refractivity contribution in [2.75, 3.05) is 25.0 Å². The molecule has 4 heterocycles. The highest BCUT2D eigenvalue weighted by molar-refractivity contribution is 7.09. The maximum absolute atomic E-state index is 12.3. The topological polar surface area (TPSA) is 49.3 Å². The standard InChI is InChI=1S/C22H24N4OS/c27-21(23-15-17-5-4-14-28-17)16-25-12-9-22(10-13-25)20-8-3-11-26(20)19-7-2-1-6-18(19)24-22/h1-8,11,14,24H,9-10,12-13,15-16H2,(H,23,27). The molecule has 1 saturated heterocycles. The Morgan fingerprint density at radius 3 is 2.79 bits per heavy atom. The molecule has 0 bridgehead atoms. The molecule has 2 N–H and O–H groups in total. The number of amides is 1. The molecule has 1 aromatic carbocycles. The van der Waals surface area contributed by atoms with Crippen molar-refractivity contribution in [1.82, 2.24) is 14.8 Å². The molecular formula is C22H24N4OS. The second kappa shape index (κ2) is 7.11. The van der Waals surface area contributed by atoms with Crippen molar-refractivity contribution in [3.63, 3.8) is 0 Å². The van der Waals surface area contributed by atoms with Crippen molar-refractivity contribution < 1.29 is 4.79 Å². The van der Waals surface area contributed by atoms with E-state index in [2.05, 4.69) is 68.8 Å². The van der Waals surface area contributed by atoms with Crippen LogP contribution in [0.4, 0.5) is 5.69 Å². The normalized spacial score (nSPS) is 17.6. The first-order valence-corrected chi connectivity index (χ1v) is 10.7. The molecule has 2 aromatic heterocycles. The summed E-state index contributed by atoms with van der Waals surface area (Å²) in [7, 11) is 0.